The van der Waals surface area contributed by atoms with Gasteiger partial charge in [0.15, 0.2) is 0 Å². The van der Waals surface area contributed by atoms with Crippen LogP contribution >= 0.6 is 0 Å². The molecule has 3 rings (SSSR count). The SMILES string of the molecule is Cc1cccc(NC(=O)C2CCCN2C2CCNCC2)n1. The molecule has 0 aromatic carbocycles. The van der Waals surface area contributed by atoms with Gasteiger partial charge in [0, 0.05) is 11.7 Å². The van der Waals surface area contributed by atoms with Crippen molar-refractivity contribution in [2.24, 2.45) is 0 Å². The summed E-state index contributed by atoms with van der Waals surface area (Å²) in [4.78, 5) is 19.3. The van der Waals surface area contributed by atoms with Gasteiger partial charge in [-0.2, -0.15) is 0 Å². The summed E-state index contributed by atoms with van der Waals surface area (Å²) in [5.41, 5.74) is 0.925. The summed E-state index contributed by atoms with van der Waals surface area (Å²) in [5.74, 6) is 0.765. The number of hydrogen-bond donors (Lipinski definition) is 2. The largest absolute Gasteiger partial charge is 0.317 e. The Morgan fingerprint density at radius 2 is 2.14 bits per heavy atom. The second-order valence-corrected chi connectivity index (χ2v) is 6.03. The fourth-order valence-electron chi connectivity index (χ4n) is 3.47. The summed E-state index contributed by atoms with van der Waals surface area (Å²) in [6, 6.07) is 6.28. The van der Waals surface area contributed by atoms with Crippen LogP contribution in [0.4, 0.5) is 5.82 Å². The molecule has 3 heterocycles. The number of rotatable bonds is 3. The van der Waals surface area contributed by atoms with E-state index in [0.29, 0.717) is 11.9 Å². The van der Waals surface area contributed by atoms with Crippen LogP contribution in [-0.4, -0.2) is 47.5 Å². The number of nitrogens with one attached hydrogen (secondary N) is 2. The minimum absolute atomic E-state index is 0.00964. The van der Waals surface area contributed by atoms with Crippen molar-refractivity contribution >= 4 is 11.7 Å². The first-order valence-corrected chi connectivity index (χ1v) is 7.95. The van der Waals surface area contributed by atoms with Crippen molar-refractivity contribution in [1.29, 1.82) is 0 Å². The summed E-state index contributed by atoms with van der Waals surface area (Å²) in [5, 5.41) is 6.38. The molecule has 5 nitrogen and oxygen atoms in total. The first-order chi connectivity index (χ1) is 10.2. The first kappa shape index (κ1) is 14.5. The predicted molar refractivity (Wildman–Crippen MR) is 83.2 cm³/mol. The molecule has 2 saturated heterocycles. The van der Waals surface area contributed by atoms with Gasteiger partial charge in [-0.05, 0) is 64.4 Å². The highest BCUT2D eigenvalue weighted by atomic mass is 16.2. The molecule has 1 atom stereocenters. The maximum Gasteiger partial charge on any atom is 0.242 e. The van der Waals surface area contributed by atoms with E-state index in [2.05, 4.69) is 20.5 Å². The molecular weight excluding hydrogens is 264 g/mol. The van der Waals surface area contributed by atoms with Crippen LogP contribution in [0.25, 0.3) is 0 Å². The molecule has 0 radical (unpaired) electrons. The maximum atomic E-state index is 12.6. The van der Waals surface area contributed by atoms with Gasteiger partial charge in [0.25, 0.3) is 0 Å². The molecule has 1 amide bonds. The average Bonchev–Trinajstić information content (AvgIpc) is 2.98. The minimum atomic E-state index is 0.00964. The van der Waals surface area contributed by atoms with Gasteiger partial charge in [0.05, 0.1) is 6.04 Å². The molecule has 1 aromatic rings. The lowest BCUT2D eigenvalue weighted by molar-refractivity contribution is -0.121. The Labute approximate surface area is 126 Å². The number of pyridine rings is 1. The van der Waals surface area contributed by atoms with Gasteiger partial charge < -0.3 is 10.6 Å². The van der Waals surface area contributed by atoms with Crippen LogP contribution in [0.3, 0.4) is 0 Å². The van der Waals surface area contributed by atoms with Gasteiger partial charge in [0.2, 0.25) is 5.91 Å². The highest BCUT2D eigenvalue weighted by Gasteiger charge is 2.35. The standard InChI is InChI=1S/C16H24N4O/c1-12-4-2-6-15(18-12)19-16(21)14-5-3-11-20(14)13-7-9-17-10-8-13/h2,4,6,13-14,17H,3,5,7-11H2,1H3,(H,18,19,21). The fraction of sp³-hybridized carbons (Fsp3) is 0.625. The first-order valence-electron chi connectivity index (χ1n) is 7.95. The van der Waals surface area contributed by atoms with Crippen molar-refractivity contribution in [2.75, 3.05) is 25.0 Å². The summed E-state index contributed by atoms with van der Waals surface area (Å²) in [6.07, 6.45) is 4.36. The zero-order chi connectivity index (χ0) is 14.7. The number of amides is 1. The molecule has 21 heavy (non-hydrogen) atoms. The van der Waals surface area contributed by atoms with E-state index in [9.17, 15) is 4.79 Å². The van der Waals surface area contributed by atoms with Gasteiger partial charge in [-0.25, -0.2) is 4.98 Å². The number of piperidine rings is 1. The monoisotopic (exact) mass is 288 g/mol. The second kappa shape index (κ2) is 6.54. The molecule has 2 aliphatic heterocycles. The number of hydrogen-bond acceptors (Lipinski definition) is 4. The van der Waals surface area contributed by atoms with Crippen LogP contribution in [0.15, 0.2) is 18.2 Å². The number of anilines is 1. The molecule has 1 aromatic heterocycles. The molecule has 2 fully saturated rings. The minimum Gasteiger partial charge on any atom is -0.317 e. The third kappa shape index (κ3) is 3.41. The quantitative estimate of drug-likeness (QED) is 0.886. The summed E-state index contributed by atoms with van der Waals surface area (Å²) >= 11 is 0. The lowest BCUT2D eigenvalue weighted by atomic mass is 10.0. The number of likely N-dealkylation sites (tertiary alicyclic amines) is 1. The van der Waals surface area contributed by atoms with E-state index in [4.69, 9.17) is 0 Å². The van der Waals surface area contributed by atoms with Crippen LogP contribution in [0.2, 0.25) is 0 Å². The number of nitrogens with zero attached hydrogens (tertiary/aromatic N) is 2. The van der Waals surface area contributed by atoms with Crippen molar-refractivity contribution in [3.05, 3.63) is 23.9 Å². The van der Waals surface area contributed by atoms with Gasteiger partial charge in [-0.15, -0.1) is 0 Å². The number of aryl methyl sites for hydroxylation is 1. The van der Waals surface area contributed by atoms with Crippen LogP contribution < -0.4 is 10.6 Å². The topological polar surface area (TPSA) is 57.3 Å². The van der Waals surface area contributed by atoms with E-state index in [-0.39, 0.29) is 11.9 Å². The van der Waals surface area contributed by atoms with E-state index < -0.39 is 0 Å². The van der Waals surface area contributed by atoms with Gasteiger partial charge in [0.1, 0.15) is 5.82 Å². The van der Waals surface area contributed by atoms with Gasteiger partial charge in [-0.1, -0.05) is 6.07 Å². The molecular formula is C16H24N4O. The van der Waals surface area contributed by atoms with Crippen molar-refractivity contribution < 1.29 is 4.79 Å². The van der Waals surface area contributed by atoms with Crippen molar-refractivity contribution in [3.8, 4) is 0 Å². The highest BCUT2D eigenvalue weighted by molar-refractivity contribution is 5.94. The van der Waals surface area contributed by atoms with E-state index in [1.165, 1.54) is 0 Å². The lowest BCUT2D eigenvalue weighted by Gasteiger charge is -2.35. The Morgan fingerprint density at radius 3 is 2.90 bits per heavy atom. The zero-order valence-electron chi connectivity index (χ0n) is 12.6. The fourth-order valence-corrected chi connectivity index (χ4v) is 3.47. The predicted octanol–water partition coefficient (Wildman–Crippen LogP) is 1.54. The molecule has 1 unspecified atom stereocenters. The molecule has 0 bridgehead atoms. The van der Waals surface area contributed by atoms with Crippen LogP contribution in [-0.2, 0) is 4.79 Å². The van der Waals surface area contributed by atoms with Crippen molar-refractivity contribution in [3.63, 3.8) is 0 Å². The Hall–Kier alpha value is -1.46. The van der Waals surface area contributed by atoms with Gasteiger partial charge in [-0.3, -0.25) is 9.69 Å². The molecule has 5 heteroatoms. The van der Waals surface area contributed by atoms with Gasteiger partial charge >= 0.3 is 0 Å². The Balaban J connectivity index is 1.65. The Kier molecular flexibility index (Phi) is 4.51. The Morgan fingerprint density at radius 1 is 1.33 bits per heavy atom. The van der Waals surface area contributed by atoms with E-state index in [1.807, 2.05) is 25.1 Å². The van der Waals surface area contributed by atoms with E-state index >= 15 is 0 Å². The lowest BCUT2D eigenvalue weighted by Crippen LogP contribution is -2.49. The summed E-state index contributed by atoms with van der Waals surface area (Å²) in [7, 11) is 0. The molecule has 2 N–H and O–H groups in total. The van der Waals surface area contributed by atoms with E-state index in [1.54, 1.807) is 0 Å². The summed E-state index contributed by atoms with van der Waals surface area (Å²) < 4.78 is 0. The maximum absolute atomic E-state index is 12.6. The van der Waals surface area contributed by atoms with Crippen molar-refractivity contribution in [2.45, 2.75) is 44.7 Å². The highest BCUT2D eigenvalue weighted by Crippen LogP contribution is 2.25. The third-order valence-electron chi connectivity index (χ3n) is 4.51. The second-order valence-electron chi connectivity index (χ2n) is 6.03. The molecule has 0 saturated carbocycles. The number of aromatic nitrogens is 1. The molecule has 114 valence electrons. The van der Waals surface area contributed by atoms with E-state index in [0.717, 1.165) is 51.0 Å². The smallest absolute Gasteiger partial charge is 0.242 e. The van der Waals surface area contributed by atoms with Crippen LogP contribution in [0.5, 0.6) is 0 Å². The number of carbonyl (C=O) groups excluding carboxylic acids is 1. The zero-order valence-corrected chi connectivity index (χ0v) is 12.6. The number of carbonyl (C=O) groups is 1. The summed E-state index contributed by atoms with van der Waals surface area (Å²) in [6.45, 7) is 5.11. The molecule has 2 aliphatic rings. The third-order valence-corrected chi connectivity index (χ3v) is 4.51. The van der Waals surface area contributed by atoms with Crippen molar-refractivity contribution in [1.82, 2.24) is 15.2 Å². The van der Waals surface area contributed by atoms with Crippen LogP contribution in [0.1, 0.15) is 31.4 Å². The van der Waals surface area contributed by atoms with Crippen LogP contribution in [0, 0.1) is 6.92 Å². The normalized spacial score (nSPS) is 24.1. The molecule has 0 aliphatic carbocycles. The average molecular weight is 288 g/mol. The Bertz CT molecular complexity index is 499. The molecule has 0 spiro atoms.